The maximum absolute atomic E-state index is 13.8. The van der Waals surface area contributed by atoms with Crippen LogP contribution in [0.4, 0.5) is 5.69 Å². The van der Waals surface area contributed by atoms with E-state index in [2.05, 4.69) is 5.10 Å². The first-order chi connectivity index (χ1) is 16.5. The normalized spacial score (nSPS) is 24.8. The van der Waals surface area contributed by atoms with E-state index >= 15 is 0 Å². The summed E-state index contributed by atoms with van der Waals surface area (Å²) in [4.78, 5) is 42.5. The number of halogens is 2. The van der Waals surface area contributed by atoms with Crippen molar-refractivity contribution in [3.63, 3.8) is 0 Å². The Bertz CT molecular complexity index is 1370. The van der Waals surface area contributed by atoms with Crippen molar-refractivity contribution in [1.82, 2.24) is 5.01 Å². The highest BCUT2D eigenvalue weighted by Gasteiger charge is 2.65. The molecule has 3 aromatic rings. The summed E-state index contributed by atoms with van der Waals surface area (Å²) in [7, 11) is 0. The zero-order valence-electron chi connectivity index (χ0n) is 17.6. The lowest BCUT2D eigenvalue weighted by atomic mass is 9.83. The number of hydrazone groups is 1. The van der Waals surface area contributed by atoms with Crippen LogP contribution >= 0.6 is 23.2 Å². The molecule has 2 saturated heterocycles. The summed E-state index contributed by atoms with van der Waals surface area (Å²) in [6.07, 6.45) is 1.68. The number of hydrogen-bond donors (Lipinski definition) is 0. The quantitative estimate of drug-likeness (QED) is 0.393. The van der Waals surface area contributed by atoms with E-state index in [1.54, 1.807) is 59.8 Å². The number of benzene rings is 3. The van der Waals surface area contributed by atoms with Gasteiger partial charge in [-0.05, 0) is 59.7 Å². The Hall–Kier alpha value is -3.48. The predicted octanol–water partition coefficient (Wildman–Crippen LogP) is 4.75. The fraction of sp³-hybridized carbons (Fsp3) is 0.154. The van der Waals surface area contributed by atoms with E-state index in [-0.39, 0.29) is 11.7 Å². The van der Waals surface area contributed by atoms with Crippen LogP contribution in [0.15, 0.2) is 77.9 Å². The van der Waals surface area contributed by atoms with Crippen molar-refractivity contribution in [1.29, 1.82) is 0 Å². The van der Waals surface area contributed by atoms with Crippen LogP contribution in [0.3, 0.4) is 0 Å². The maximum Gasteiger partial charge on any atom is 0.240 e. The number of anilines is 1. The lowest BCUT2D eigenvalue weighted by Crippen LogP contribution is -2.44. The van der Waals surface area contributed by atoms with Crippen molar-refractivity contribution in [2.75, 3.05) is 4.90 Å². The standard InChI is InChI=1S/C26H17Cl2N3O3/c27-16-7-5-14(6-8-16)24(32)23-21-20(22-19-4-2-1-3-15(19)13-29-31(22)23)25(33)30(26(21)34)18-11-9-17(28)10-12-18/h1-13,20-23H/t20-,21-,22-,23+/m0/s1. The number of carbonyl (C=O) groups excluding carboxylic acids is 3. The van der Waals surface area contributed by atoms with E-state index in [1.807, 2.05) is 24.3 Å². The zero-order valence-corrected chi connectivity index (χ0v) is 19.1. The first-order valence-corrected chi connectivity index (χ1v) is 11.6. The van der Waals surface area contributed by atoms with Crippen LogP contribution in [0, 0.1) is 11.8 Å². The molecule has 3 aromatic carbocycles. The number of hydrogen-bond acceptors (Lipinski definition) is 5. The topological polar surface area (TPSA) is 70.0 Å². The largest absolute Gasteiger partial charge is 0.292 e. The van der Waals surface area contributed by atoms with Gasteiger partial charge in [0.25, 0.3) is 0 Å². The van der Waals surface area contributed by atoms with E-state index in [4.69, 9.17) is 23.2 Å². The Balaban J connectivity index is 1.49. The van der Waals surface area contributed by atoms with Gasteiger partial charge in [0.2, 0.25) is 11.8 Å². The van der Waals surface area contributed by atoms with E-state index in [0.717, 1.165) is 11.1 Å². The number of nitrogens with zero attached hydrogens (tertiary/aromatic N) is 3. The smallest absolute Gasteiger partial charge is 0.240 e. The van der Waals surface area contributed by atoms with Gasteiger partial charge in [-0.3, -0.25) is 19.4 Å². The molecule has 2 fully saturated rings. The number of ketones is 1. The number of amides is 2. The molecule has 4 atom stereocenters. The Morgan fingerprint density at radius 2 is 1.41 bits per heavy atom. The van der Waals surface area contributed by atoms with Gasteiger partial charge in [-0.15, -0.1) is 0 Å². The third-order valence-electron chi connectivity index (χ3n) is 6.78. The lowest BCUT2D eigenvalue weighted by Gasteiger charge is -2.33. The predicted molar refractivity (Wildman–Crippen MR) is 129 cm³/mol. The SMILES string of the molecule is O=C(c1ccc(Cl)cc1)[C@H]1[C@H]2C(=O)N(c3ccc(Cl)cc3)C(=O)[C@@H]2[C@@H]2c3ccccc3C=NN12. The van der Waals surface area contributed by atoms with Crippen LogP contribution in [-0.4, -0.2) is 34.9 Å². The summed E-state index contributed by atoms with van der Waals surface area (Å²) < 4.78 is 0. The molecule has 0 unspecified atom stereocenters. The summed E-state index contributed by atoms with van der Waals surface area (Å²) in [5.74, 6) is -2.65. The Kier molecular flexibility index (Phi) is 4.83. The van der Waals surface area contributed by atoms with Crippen molar-refractivity contribution in [3.05, 3.63) is 99.5 Å². The minimum atomic E-state index is -0.922. The summed E-state index contributed by atoms with van der Waals surface area (Å²) in [5.41, 5.74) is 2.59. The van der Waals surface area contributed by atoms with Gasteiger partial charge in [0.1, 0.15) is 6.04 Å². The highest BCUT2D eigenvalue weighted by molar-refractivity contribution is 6.31. The summed E-state index contributed by atoms with van der Waals surface area (Å²) in [6.45, 7) is 0. The van der Waals surface area contributed by atoms with Crippen molar-refractivity contribution in [3.8, 4) is 0 Å². The van der Waals surface area contributed by atoms with Crippen LogP contribution in [0.5, 0.6) is 0 Å². The van der Waals surface area contributed by atoms with E-state index in [0.29, 0.717) is 21.3 Å². The third kappa shape index (κ3) is 3.02. The van der Waals surface area contributed by atoms with E-state index in [1.165, 1.54) is 4.90 Å². The molecule has 0 bridgehead atoms. The van der Waals surface area contributed by atoms with Gasteiger partial charge in [-0.1, -0.05) is 47.5 Å². The number of imide groups is 1. The molecule has 0 saturated carbocycles. The van der Waals surface area contributed by atoms with Gasteiger partial charge in [0, 0.05) is 15.6 Å². The van der Waals surface area contributed by atoms with Crippen molar-refractivity contribution in [2.24, 2.45) is 16.9 Å². The number of Topliss-reactive ketones (excluding diaryl/α,β-unsaturated/α-hetero) is 1. The van der Waals surface area contributed by atoms with Crippen molar-refractivity contribution >= 4 is 52.7 Å². The molecule has 0 aliphatic carbocycles. The van der Waals surface area contributed by atoms with Gasteiger partial charge >= 0.3 is 0 Å². The Morgan fingerprint density at radius 1 is 0.794 bits per heavy atom. The van der Waals surface area contributed by atoms with Gasteiger partial charge in [0.05, 0.1) is 29.8 Å². The molecule has 6 nitrogen and oxygen atoms in total. The summed E-state index contributed by atoms with van der Waals surface area (Å²) >= 11 is 12.0. The molecule has 8 heteroatoms. The second-order valence-electron chi connectivity index (χ2n) is 8.55. The van der Waals surface area contributed by atoms with Crippen LogP contribution in [0.2, 0.25) is 10.0 Å². The average Bonchev–Trinajstić information content (AvgIpc) is 3.32. The molecule has 3 aliphatic heterocycles. The second-order valence-corrected chi connectivity index (χ2v) is 9.43. The Morgan fingerprint density at radius 3 is 2.12 bits per heavy atom. The molecule has 0 spiro atoms. The number of rotatable bonds is 3. The maximum atomic E-state index is 13.8. The average molecular weight is 490 g/mol. The van der Waals surface area contributed by atoms with Gasteiger partial charge in [0.15, 0.2) is 5.78 Å². The molecule has 0 aromatic heterocycles. The molecular weight excluding hydrogens is 473 g/mol. The van der Waals surface area contributed by atoms with E-state index < -0.39 is 29.8 Å². The van der Waals surface area contributed by atoms with Crippen LogP contribution in [-0.2, 0) is 9.59 Å². The number of carbonyl (C=O) groups is 3. The molecule has 6 rings (SSSR count). The second kappa shape index (κ2) is 7.79. The molecule has 168 valence electrons. The molecular formula is C26H17Cl2N3O3. The van der Waals surface area contributed by atoms with Crippen LogP contribution < -0.4 is 4.90 Å². The summed E-state index contributed by atoms with van der Waals surface area (Å²) in [5, 5.41) is 7.21. The number of fused-ring (bicyclic) bond motifs is 5. The highest BCUT2D eigenvalue weighted by Crippen LogP contribution is 2.53. The molecule has 34 heavy (non-hydrogen) atoms. The minimum Gasteiger partial charge on any atom is -0.292 e. The van der Waals surface area contributed by atoms with E-state index in [9.17, 15) is 14.4 Å². The van der Waals surface area contributed by atoms with Crippen molar-refractivity contribution in [2.45, 2.75) is 12.1 Å². The van der Waals surface area contributed by atoms with Gasteiger partial charge in [-0.2, -0.15) is 5.10 Å². The first-order valence-electron chi connectivity index (χ1n) is 10.8. The van der Waals surface area contributed by atoms with Crippen LogP contribution in [0.25, 0.3) is 0 Å². The molecule has 3 aliphatic rings. The third-order valence-corrected chi connectivity index (χ3v) is 7.28. The van der Waals surface area contributed by atoms with Gasteiger partial charge in [-0.25, -0.2) is 4.90 Å². The first kappa shape index (κ1) is 21.1. The van der Waals surface area contributed by atoms with Crippen LogP contribution in [0.1, 0.15) is 27.5 Å². The summed E-state index contributed by atoms with van der Waals surface area (Å²) in [6, 6.07) is 19.2. The van der Waals surface area contributed by atoms with Gasteiger partial charge < -0.3 is 0 Å². The molecule has 3 heterocycles. The highest BCUT2D eigenvalue weighted by atomic mass is 35.5. The molecule has 2 amide bonds. The monoisotopic (exact) mass is 489 g/mol. The lowest BCUT2D eigenvalue weighted by molar-refractivity contribution is -0.124. The zero-order chi connectivity index (χ0) is 23.6. The molecule has 0 radical (unpaired) electrons. The fourth-order valence-corrected chi connectivity index (χ4v) is 5.55. The molecule has 0 N–H and O–H groups in total. The minimum absolute atomic E-state index is 0.273. The van der Waals surface area contributed by atoms with Crippen molar-refractivity contribution < 1.29 is 14.4 Å². The fourth-order valence-electron chi connectivity index (χ4n) is 5.30. The Labute approximate surface area is 205 Å².